The monoisotopic (exact) mass is 542 g/mol. The van der Waals surface area contributed by atoms with Crippen LogP contribution in [-0.2, 0) is 20.1 Å². The molecular weight excluding hydrogens is 522 g/mol. The van der Waals surface area contributed by atoms with E-state index < -0.39 is 42.5 Å². The van der Waals surface area contributed by atoms with Crippen LogP contribution < -0.4 is 20.7 Å². The zero-order chi connectivity index (χ0) is 28.3. The van der Waals surface area contributed by atoms with Gasteiger partial charge in [0.1, 0.15) is 11.5 Å². The fraction of sp³-hybridized carbons (Fsp3) is 0.292. The van der Waals surface area contributed by atoms with Crippen LogP contribution in [0.25, 0.3) is 11.2 Å². The van der Waals surface area contributed by atoms with Gasteiger partial charge in [-0.1, -0.05) is 24.1 Å². The van der Waals surface area contributed by atoms with Crippen LogP contribution in [0.5, 0.6) is 17.5 Å². The number of benzene rings is 1. The number of hydrogen-bond donors (Lipinski definition) is 0. The Labute approximate surface area is 211 Å². The molecule has 3 aromatic rings. The lowest BCUT2D eigenvalue weighted by Gasteiger charge is -2.13. The maximum Gasteiger partial charge on any atom is 0.573 e. The Morgan fingerprint density at radius 3 is 2.42 bits per heavy atom. The number of ether oxygens (including phenoxy) is 2. The molecule has 0 saturated heterocycles. The summed E-state index contributed by atoms with van der Waals surface area (Å²) in [5.74, 6) is 1.63. The van der Waals surface area contributed by atoms with Gasteiger partial charge in [0.25, 0.3) is 5.56 Å². The number of rotatable bonds is 8. The third-order valence-corrected chi connectivity index (χ3v) is 5.07. The van der Waals surface area contributed by atoms with E-state index >= 15 is 0 Å². The Kier molecular flexibility index (Phi) is 8.09. The van der Waals surface area contributed by atoms with E-state index in [0.29, 0.717) is 4.57 Å². The van der Waals surface area contributed by atoms with Crippen LogP contribution in [-0.4, -0.2) is 31.2 Å². The van der Waals surface area contributed by atoms with Gasteiger partial charge in [-0.15, -0.1) is 19.6 Å². The summed E-state index contributed by atoms with van der Waals surface area (Å²) in [5.41, 5.74) is -2.37. The van der Waals surface area contributed by atoms with Gasteiger partial charge in [0.2, 0.25) is 0 Å². The summed E-state index contributed by atoms with van der Waals surface area (Å²) < 4.78 is 88.4. The lowest BCUT2D eigenvalue weighted by atomic mass is 10.2. The van der Waals surface area contributed by atoms with Crippen molar-refractivity contribution in [1.82, 2.24) is 18.7 Å². The van der Waals surface area contributed by atoms with Crippen molar-refractivity contribution in [1.29, 1.82) is 0 Å². The van der Waals surface area contributed by atoms with Crippen molar-refractivity contribution in [2.75, 3.05) is 0 Å². The molecule has 0 unspecified atom stereocenters. The van der Waals surface area contributed by atoms with E-state index in [2.05, 4.69) is 15.6 Å². The molecule has 202 valence electrons. The fourth-order valence-electron chi connectivity index (χ4n) is 3.38. The van der Waals surface area contributed by atoms with Crippen LogP contribution in [0.4, 0.5) is 26.3 Å². The zero-order valence-corrected chi connectivity index (χ0v) is 19.9. The smallest absolute Gasteiger partial charge is 0.425 e. The van der Waals surface area contributed by atoms with Crippen LogP contribution in [0, 0.1) is 12.3 Å². The zero-order valence-electron chi connectivity index (χ0n) is 19.9. The maximum atomic E-state index is 13.2. The van der Waals surface area contributed by atoms with E-state index in [1.165, 1.54) is 25.3 Å². The van der Waals surface area contributed by atoms with Crippen LogP contribution >= 0.6 is 0 Å². The average molecular weight is 542 g/mol. The van der Waals surface area contributed by atoms with Crippen molar-refractivity contribution in [2.24, 2.45) is 7.05 Å². The van der Waals surface area contributed by atoms with Crippen molar-refractivity contribution >= 4 is 11.2 Å². The molecule has 1 aromatic carbocycles. The van der Waals surface area contributed by atoms with E-state index in [1.54, 1.807) is 19.1 Å². The molecule has 0 bridgehead atoms. The summed E-state index contributed by atoms with van der Waals surface area (Å²) in [6, 6.07) is 4.08. The van der Waals surface area contributed by atoms with Crippen molar-refractivity contribution < 1.29 is 35.8 Å². The lowest BCUT2D eigenvalue weighted by Crippen LogP contribution is -2.40. The highest BCUT2D eigenvalue weighted by atomic mass is 19.4. The van der Waals surface area contributed by atoms with Gasteiger partial charge in [-0.25, -0.2) is 4.79 Å². The Balaban J connectivity index is 2.22. The van der Waals surface area contributed by atoms with Crippen LogP contribution in [0.15, 0.2) is 57.7 Å². The Bertz CT molecular complexity index is 1550. The standard InChI is InChI=1S/C24H20F6N4O4/c1-4-6-8-15(5-2)14-34-18-19(32(3)22(36)33(20(18)35)12-11-23(25,26)27)31-21(34)37-16-9-7-10-17(13-16)38-24(28,29)30/h2,4,6-10,13H,11-12,14H2,1,3H3/b6-4-,15-8+. The predicted octanol–water partition coefficient (Wildman–Crippen LogP) is 4.68. The third kappa shape index (κ3) is 6.67. The summed E-state index contributed by atoms with van der Waals surface area (Å²) in [7, 11) is 1.20. The molecule has 38 heavy (non-hydrogen) atoms. The molecule has 0 atom stereocenters. The van der Waals surface area contributed by atoms with Gasteiger partial charge in [-0.3, -0.25) is 18.5 Å². The summed E-state index contributed by atoms with van der Waals surface area (Å²) in [4.78, 5) is 30.1. The van der Waals surface area contributed by atoms with Gasteiger partial charge < -0.3 is 9.47 Å². The van der Waals surface area contributed by atoms with Gasteiger partial charge in [-0.05, 0) is 25.1 Å². The Hall–Kier alpha value is -4.41. The van der Waals surface area contributed by atoms with Gasteiger partial charge in [0.15, 0.2) is 11.2 Å². The number of allylic oxidation sites excluding steroid dienone is 4. The fourth-order valence-corrected chi connectivity index (χ4v) is 3.38. The van der Waals surface area contributed by atoms with Crippen LogP contribution in [0.2, 0.25) is 0 Å². The number of fused-ring (bicyclic) bond motifs is 1. The SMILES string of the molecule is C#C/C(=C\C=C/C)Cn1c(Oc2cccc(OC(F)(F)F)c2)nc2c1c(=O)n(CCC(F)(F)F)c(=O)n2C. The summed E-state index contributed by atoms with van der Waals surface area (Å²) in [5, 5.41) is 0. The molecule has 0 aliphatic rings. The molecular formula is C24H20F6N4O4. The minimum Gasteiger partial charge on any atom is -0.425 e. The first-order valence-corrected chi connectivity index (χ1v) is 10.8. The van der Waals surface area contributed by atoms with Crippen molar-refractivity contribution in [3.8, 4) is 29.9 Å². The molecule has 8 nitrogen and oxygen atoms in total. The number of aryl methyl sites for hydroxylation is 1. The second-order valence-electron chi connectivity index (χ2n) is 7.80. The largest absolute Gasteiger partial charge is 0.573 e. The van der Waals surface area contributed by atoms with Crippen molar-refractivity contribution in [3.63, 3.8) is 0 Å². The molecule has 2 aromatic heterocycles. The Morgan fingerprint density at radius 1 is 1.13 bits per heavy atom. The highest BCUT2D eigenvalue weighted by Gasteiger charge is 2.31. The number of hydrogen-bond acceptors (Lipinski definition) is 5. The van der Waals surface area contributed by atoms with Crippen LogP contribution in [0.1, 0.15) is 13.3 Å². The van der Waals surface area contributed by atoms with Gasteiger partial charge >= 0.3 is 24.2 Å². The topological polar surface area (TPSA) is 80.3 Å². The molecule has 0 spiro atoms. The van der Waals surface area contributed by atoms with E-state index in [1.807, 2.05) is 0 Å². The minimum atomic E-state index is -4.97. The quantitative estimate of drug-likeness (QED) is 0.235. The molecule has 0 aliphatic carbocycles. The summed E-state index contributed by atoms with van der Waals surface area (Å²) in [6.45, 7) is 0.536. The molecule has 14 heteroatoms. The highest BCUT2D eigenvalue weighted by molar-refractivity contribution is 5.72. The third-order valence-electron chi connectivity index (χ3n) is 5.07. The van der Waals surface area contributed by atoms with Gasteiger partial charge in [0.05, 0.1) is 13.0 Å². The maximum absolute atomic E-state index is 13.2. The molecule has 0 N–H and O–H groups in total. The molecule has 0 fully saturated rings. The molecule has 0 aliphatic heterocycles. The van der Waals surface area contributed by atoms with E-state index in [-0.39, 0.29) is 35.0 Å². The first kappa shape index (κ1) is 28.2. The van der Waals surface area contributed by atoms with Gasteiger partial charge in [0, 0.05) is 25.2 Å². The predicted molar refractivity (Wildman–Crippen MR) is 125 cm³/mol. The number of nitrogens with zero attached hydrogens (tertiary/aromatic N) is 4. The summed E-state index contributed by atoms with van der Waals surface area (Å²) in [6.07, 6.45) is -0.686. The highest BCUT2D eigenvalue weighted by Crippen LogP contribution is 2.30. The summed E-state index contributed by atoms with van der Waals surface area (Å²) >= 11 is 0. The molecule has 0 amide bonds. The first-order chi connectivity index (χ1) is 17.7. The number of aromatic nitrogens is 4. The van der Waals surface area contributed by atoms with Gasteiger partial charge in [-0.2, -0.15) is 18.2 Å². The number of imidazole rings is 1. The van der Waals surface area contributed by atoms with E-state index in [0.717, 1.165) is 21.3 Å². The van der Waals surface area contributed by atoms with E-state index in [9.17, 15) is 35.9 Å². The average Bonchev–Trinajstić information content (AvgIpc) is 3.16. The second kappa shape index (κ2) is 10.9. The minimum absolute atomic E-state index is 0.176. The lowest BCUT2D eigenvalue weighted by molar-refractivity contribution is -0.274. The molecule has 3 rings (SSSR count). The molecule has 2 heterocycles. The molecule has 0 saturated carbocycles. The number of halogens is 6. The Morgan fingerprint density at radius 2 is 1.82 bits per heavy atom. The molecule has 0 radical (unpaired) electrons. The first-order valence-electron chi connectivity index (χ1n) is 10.8. The van der Waals surface area contributed by atoms with Crippen LogP contribution in [0.3, 0.4) is 0 Å². The van der Waals surface area contributed by atoms with Crippen molar-refractivity contribution in [2.45, 2.75) is 39.0 Å². The number of alkyl halides is 6. The number of terminal acetylenes is 1. The van der Waals surface area contributed by atoms with E-state index in [4.69, 9.17) is 11.2 Å². The normalized spacial score (nSPS) is 12.8. The second-order valence-corrected chi connectivity index (χ2v) is 7.80. The van der Waals surface area contributed by atoms with Crippen molar-refractivity contribution in [3.05, 3.63) is 68.9 Å².